The lowest BCUT2D eigenvalue weighted by Crippen LogP contribution is -2.45. The number of amides is 1. The summed E-state index contributed by atoms with van der Waals surface area (Å²) in [6.45, 7) is 4.60. The molecule has 0 saturated carbocycles. The van der Waals surface area contributed by atoms with Crippen LogP contribution in [0, 0.1) is 0 Å². The first-order valence-electron chi connectivity index (χ1n) is 26.0. The third-order valence-corrected chi connectivity index (χ3v) is 12.5. The van der Waals surface area contributed by atoms with Crippen molar-refractivity contribution >= 4 is 13.7 Å². The Hall–Kier alpha value is -1.54. The summed E-state index contributed by atoms with van der Waals surface area (Å²) in [7, 11) is 1.23. The minimum absolute atomic E-state index is 0.00988. The molecular formula is C53H101N2O6P. The lowest BCUT2D eigenvalue weighted by Gasteiger charge is -2.29. The molecule has 0 aromatic carbocycles. The summed E-state index contributed by atoms with van der Waals surface area (Å²) in [6, 6.07) is -0.910. The number of allylic oxidation sites excluding steroid dienone is 7. The molecule has 364 valence electrons. The number of carbonyl (C=O) groups is 1. The van der Waals surface area contributed by atoms with Crippen molar-refractivity contribution in [2.24, 2.45) is 0 Å². The number of nitrogens with one attached hydrogen (secondary N) is 1. The van der Waals surface area contributed by atoms with E-state index in [0.717, 1.165) is 51.4 Å². The Kier molecular flexibility index (Phi) is 43.5. The quantitative estimate of drug-likeness (QED) is 0.0273. The standard InChI is InChI=1S/C53H101N2O6P/c1-6-8-10-12-14-16-18-20-22-23-24-25-26-27-28-29-30-31-32-33-35-37-39-41-43-45-47-53(57)54-51(50-61-62(58,59)60-49-48-55(3,4)5)52(56)46-44-42-40-38-36-34-21-19-17-15-13-11-9-7-2/h17,19,27-28,36,38,44,46,51-52,56H,6-16,18,20-26,29-35,37,39-43,45,47-50H2,1-5H3,(H-,54,57,58,59)/b19-17+,28-27-,38-36+,46-44+. The van der Waals surface area contributed by atoms with Gasteiger partial charge in [-0.15, -0.1) is 0 Å². The van der Waals surface area contributed by atoms with E-state index >= 15 is 0 Å². The third-order valence-electron chi connectivity index (χ3n) is 11.5. The monoisotopic (exact) mass is 893 g/mol. The Balaban J connectivity index is 4.23. The predicted molar refractivity (Wildman–Crippen MR) is 265 cm³/mol. The fraction of sp³-hybridized carbons (Fsp3) is 0.830. The first kappa shape index (κ1) is 60.5. The van der Waals surface area contributed by atoms with Crippen LogP contribution >= 0.6 is 7.82 Å². The van der Waals surface area contributed by atoms with Crippen LogP contribution in [0.25, 0.3) is 0 Å². The molecule has 0 heterocycles. The van der Waals surface area contributed by atoms with Crippen LogP contribution in [-0.4, -0.2) is 68.5 Å². The number of unbranched alkanes of at least 4 members (excludes halogenated alkanes) is 28. The molecule has 1 amide bonds. The van der Waals surface area contributed by atoms with Crippen molar-refractivity contribution in [2.75, 3.05) is 40.9 Å². The lowest BCUT2D eigenvalue weighted by atomic mass is 10.0. The van der Waals surface area contributed by atoms with E-state index in [1.54, 1.807) is 6.08 Å². The molecule has 0 aliphatic carbocycles. The number of hydrogen-bond acceptors (Lipinski definition) is 6. The van der Waals surface area contributed by atoms with Crippen molar-refractivity contribution in [3.05, 3.63) is 48.6 Å². The Bertz CT molecular complexity index is 1150. The second-order valence-electron chi connectivity index (χ2n) is 18.9. The Labute approximate surface area is 384 Å². The molecule has 62 heavy (non-hydrogen) atoms. The molecular weight excluding hydrogens is 792 g/mol. The van der Waals surface area contributed by atoms with Crippen LogP contribution in [0.4, 0.5) is 0 Å². The molecule has 0 aliphatic heterocycles. The zero-order chi connectivity index (χ0) is 45.7. The normalized spacial score (nSPS) is 14.5. The molecule has 0 saturated heterocycles. The maximum absolute atomic E-state index is 12.9. The van der Waals surface area contributed by atoms with E-state index in [4.69, 9.17) is 9.05 Å². The number of hydrogen-bond donors (Lipinski definition) is 2. The van der Waals surface area contributed by atoms with Crippen LogP contribution in [0.3, 0.4) is 0 Å². The fourth-order valence-corrected chi connectivity index (χ4v) is 8.08. The van der Waals surface area contributed by atoms with Crippen molar-refractivity contribution in [1.29, 1.82) is 0 Å². The van der Waals surface area contributed by atoms with Gasteiger partial charge in [0.25, 0.3) is 7.82 Å². The van der Waals surface area contributed by atoms with Crippen molar-refractivity contribution in [2.45, 2.75) is 244 Å². The maximum Gasteiger partial charge on any atom is 0.268 e. The van der Waals surface area contributed by atoms with Crippen molar-refractivity contribution in [1.82, 2.24) is 5.32 Å². The van der Waals surface area contributed by atoms with Crippen LogP contribution in [0.1, 0.15) is 232 Å². The number of aliphatic hydroxyl groups is 1. The summed E-state index contributed by atoms with van der Waals surface area (Å²) in [4.78, 5) is 25.4. The summed E-state index contributed by atoms with van der Waals surface area (Å²) >= 11 is 0. The first-order valence-corrected chi connectivity index (χ1v) is 27.5. The van der Waals surface area contributed by atoms with E-state index in [2.05, 4.69) is 55.6 Å². The smallest absolute Gasteiger partial charge is 0.268 e. The van der Waals surface area contributed by atoms with Crippen molar-refractivity contribution in [3.8, 4) is 0 Å². The van der Waals surface area contributed by atoms with Gasteiger partial charge in [-0.3, -0.25) is 9.36 Å². The maximum atomic E-state index is 12.9. The van der Waals surface area contributed by atoms with Crippen LogP contribution in [-0.2, 0) is 18.4 Å². The van der Waals surface area contributed by atoms with Crippen molar-refractivity contribution in [3.63, 3.8) is 0 Å². The highest BCUT2D eigenvalue weighted by molar-refractivity contribution is 7.45. The largest absolute Gasteiger partial charge is 0.756 e. The van der Waals surface area contributed by atoms with Gasteiger partial charge in [-0.25, -0.2) is 0 Å². The van der Waals surface area contributed by atoms with Gasteiger partial charge in [-0.2, -0.15) is 0 Å². The second kappa shape index (κ2) is 44.7. The molecule has 0 fully saturated rings. The molecule has 0 aliphatic rings. The van der Waals surface area contributed by atoms with Crippen LogP contribution < -0.4 is 10.2 Å². The van der Waals surface area contributed by atoms with Gasteiger partial charge < -0.3 is 28.8 Å². The average Bonchev–Trinajstić information content (AvgIpc) is 3.23. The summed E-state index contributed by atoms with van der Waals surface area (Å²) < 4.78 is 23.2. The number of carbonyl (C=O) groups excluding carboxylic acids is 1. The molecule has 0 spiro atoms. The Morgan fingerprint density at radius 3 is 1.32 bits per heavy atom. The van der Waals surface area contributed by atoms with Gasteiger partial charge in [0.1, 0.15) is 13.2 Å². The highest BCUT2D eigenvalue weighted by Crippen LogP contribution is 2.38. The molecule has 0 rings (SSSR count). The number of phosphoric acid groups is 1. The molecule has 9 heteroatoms. The minimum Gasteiger partial charge on any atom is -0.756 e. The third kappa shape index (κ3) is 46.5. The van der Waals surface area contributed by atoms with Gasteiger partial charge in [0, 0.05) is 6.42 Å². The predicted octanol–water partition coefficient (Wildman–Crippen LogP) is 14.6. The number of rotatable bonds is 47. The average molecular weight is 893 g/mol. The highest BCUT2D eigenvalue weighted by Gasteiger charge is 2.23. The molecule has 0 bridgehead atoms. The van der Waals surface area contributed by atoms with Crippen LogP contribution in [0.5, 0.6) is 0 Å². The lowest BCUT2D eigenvalue weighted by molar-refractivity contribution is -0.870. The molecule has 2 N–H and O–H groups in total. The van der Waals surface area contributed by atoms with E-state index in [0.29, 0.717) is 17.4 Å². The zero-order valence-electron chi connectivity index (χ0n) is 41.3. The summed E-state index contributed by atoms with van der Waals surface area (Å²) in [5, 5.41) is 13.8. The van der Waals surface area contributed by atoms with Gasteiger partial charge in [0.2, 0.25) is 5.91 Å². The van der Waals surface area contributed by atoms with Gasteiger partial charge in [0.05, 0.1) is 39.9 Å². The molecule has 0 aromatic rings. The highest BCUT2D eigenvalue weighted by atomic mass is 31.2. The molecule has 3 unspecified atom stereocenters. The number of phosphoric ester groups is 1. The zero-order valence-corrected chi connectivity index (χ0v) is 42.2. The number of quaternary nitrogens is 1. The van der Waals surface area contributed by atoms with Gasteiger partial charge in [-0.1, -0.05) is 204 Å². The van der Waals surface area contributed by atoms with E-state index in [9.17, 15) is 19.4 Å². The Morgan fingerprint density at radius 1 is 0.548 bits per heavy atom. The van der Waals surface area contributed by atoms with Gasteiger partial charge in [-0.05, 0) is 70.6 Å². The Morgan fingerprint density at radius 2 is 0.903 bits per heavy atom. The van der Waals surface area contributed by atoms with Crippen molar-refractivity contribution < 1.29 is 32.9 Å². The molecule has 0 aromatic heterocycles. The van der Waals surface area contributed by atoms with Gasteiger partial charge >= 0.3 is 0 Å². The van der Waals surface area contributed by atoms with E-state index in [1.807, 2.05) is 27.2 Å². The number of likely N-dealkylation sites (N-methyl/N-ethyl adjacent to an activating group) is 1. The van der Waals surface area contributed by atoms with Gasteiger partial charge in [0.15, 0.2) is 0 Å². The fourth-order valence-electron chi connectivity index (χ4n) is 7.36. The van der Waals surface area contributed by atoms with E-state index < -0.39 is 26.6 Å². The topological polar surface area (TPSA) is 108 Å². The van der Waals surface area contributed by atoms with E-state index in [1.165, 1.54) is 161 Å². The number of nitrogens with zero attached hydrogens (tertiary/aromatic N) is 1. The van der Waals surface area contributed by atoms with Crippen LogP contribution in [0.2, 0.25) is 0 Å². The van der Waals surface area contributed by atoms with Crippen LogP contribution in [0.15, 0.2) is 48.6 Å². The summed E-state index contributed by atoms with van der Waals surface area (Å²) in [6.07, 6.45) is 57.5. The molecule has 8 nitrogen and oxygen atoms in total. The minimum atomic E-state index is -4.60. The first-order chi connectivity index (χ1) is 30.0. The van der Waals surface area contributed by atoms with E-state index in [-0.39, 0.29) is 12.5 Å². The molecule has 0 radical (unpaired) electrons. The molecule has 3 atom stereocenters. The summed E-state index contributed by atoms with van der Waals surface area (Å²) in [5.74, 6) is -0.213. The second-order valence-corrected chi connectivity index (χ2v) is 20.3. The number of aliphatic hydroxyl groups excluding tert-OH is 1. The summed E-state index contributed by atoms with van der Waals surface area (Å²) in [5.41, 5.74) is 0. The SMILES string of the molecule is CCCCCC/C=C/CC/C=C/CC/C=C/C(O)C(COP(=O)([O-])OCC[N+](C)(C)C)NC(=O)CCCCCCCCCCCC/C=C\CCCCCCCCCCCCCC.